The van der Waals surface area contributed by atoms with Crippen LogP contribution in [0, 0.1) is 5.92 Å². The van der Waals surface area contributed by atoms with Gasteiger partial charge < -0.3 is 4.90 Å². The second-order valence-corrected chi connectivity index (χ2v) is 8.29. The molecule has 0 radical (unpaired) electrons. The Bertz CT molecular complexity index is 750. The molecule has 1 aliphatic heterocycles. The Labute approximate surface area is 144 Å². The molecular weight excluding hydrogens is 320 g/mol. The topological polar surface area (TPSA) is 49.4 Å². The summed E-state index contributed by atoms with van der Waals surface area (Å²) in [5.74, 6) is 0.745. The zero-order valence-electron chi connectivity index (χ0n) is 14.0. The molecule has 0 aliphatic carbocycles. The number of hydrogen-bond donors (Lipinski definition) is 1. The van der Waals surface area contributed by atoms with Crippen LogP contribution in [-0.2, 0) is 16.4 Å². The van der Waals surface area contributed by atoms with Gasteiger partial charge >= 0.3 is 0 Å². The lowest BCUT2D eigenvalue weighted by molar-refractivity contribution is 0.404. The average Bonchev–Trinajstić information content (AvgIpc) is 2.56. The average molecular weight is 344 g/mol. The van der Waals surface area contributed by atoms with Crippen molar-refractivity contribution in [3.8, 4) is 0 Å². The van der Waals surface area contributed by atoms with Crippen molar-refractivity contribution in [2.75, 3.05) is 29.0 Å². The monoisotopic (exact) mass is 344 g/mol. The van der Waals surface area contributed by atoms with Crippen molar-refractivity contribution in [1.82, 2.24) is 0 Å². The molecule has 1 heterocycles. The predicted molar refractivity (Wildman–Crippen MR) is 100.0 cm³/mol. The highest BCUT2D eigenvalue weighted by molar-refractivity contribution is 7.92. The first-order valence-corrected chi connectivity index (χ1v) is 10.3. The quantitative estimate of drug-likeness (QED) is 0.903. The van der Waals surface area contributed by atoms with E-state index in [0.717, 1.165) is 31.1 Å². The molecule has 4 nitrogen and oxygen atoms in total. The van der Waals surface area contributed by atoms with E-state index in [1.165, 1.54) is 24.7 Å². The van der Waals surface area contributed by atoms with Crippen LogP contribution >= 0.6 is 0 Å². The van der Waals surface area contributed by atoms with E-state index in [4.69, 9.17) is 0 Å². The number of piperidine rings is 1. The second-order valence-electron chi connectivity index (χ2n) is 6.54. The van der Waals surface area contributed by atoms with Crippen LogP contribution in [0.5, 0.6) is 0 Å². The minimum absolute atomic E-state index is 0.611. The summed E-state index contributed by atoms with van der Waals surface area (Å²) in [6.45, 7) is 2.10. The third kappa shape index (κ3) is 4.74. The Balaban J connectivity index is 1.54. The van der Waals surface area contributed by atoms with Gasteiger partial charge in [0.05, 0.1) is 6.26 Å². The Morgan fingerprint density at radius 3 is 2.21 bits per heavy atom. The minimum Gasteiger partial charge on any atom is -0.372 e. The largest absolute Gasteiger partial charge is 0.372 e. The van der Waals surface area contributed by atoms with Crippen LogP contribution in [0.3, 0.4) is 0 Å². The maximum Gasteiger partial charge on any atom is 0.229 e. The molecule has 128 valence electrons. The molecule has 0 spiro atoms. The number of rotatable bonds is 5. The number of benzene rings is 2. The predicted octanol–water partition coefficient (Wildman–Crippen LogP) is 3.52. The fourth-order valence-corrected chi connectivity index (χ4v) is 3.86. The Morgan fingerprint density at radius 1 is 1.00 bits per heavy atom. The second kappa shape index (κ2) is 7.26. The van der Waals surface area contributed by atoms with Crippen molar-refractivity contribution in [3.05, 3.63) is 60.2 Å². The van der Waals surface area contributed by atoms with Gasteiger partial charge in [0, 0.05) is 24.5 Å². The van der Waals surface area contributed by atoms with Gasteiger partial charge in [0.15, 0.2) is 0 Å². The summed E-state index contributed by atoms with van der Waals surface area (Å²) in [6, 6.07) is 18.3. The molecule has 3 rings (SSSR count). The highest BCUT2D eigenvalue weighted by Crippen LogP contribution is 2.26. The highest BCUT2D eigenvalue weighted by atomic mass is 32.2. The van der Waals surface area contributed by atoms with E-state index < -0.39 is 10.0 Å². The first-order valence-electron chi connectivity index (χ1n) is 8.36. The number of sulfonamides is 1. The lowest BCUT2D eigenvalue weighted by atomic mass is 9.90. The third-order valence-corrected chi connectivity index (χ3v) is 5.12. The van der Waals surface area contributed by atoms with Crippen molar-refractivity contribution >= 4 is 21.4 Å². The van der Waals surface area contributed by atoms with Gasteiger partial charge in [-0.1, -0.05) is 30.3 Å². The maximum atomic E-state index is 11.3. The molecule has 1 N–H and O–H groups in total. The number of nitrogens with one attached hydrogen (secondary N) is 1. The van der Waals surface area contributed by atoms with E-state index >= 15 is 0 Å². The summed E-state index contributed by atoms with van der Waals surface area (Å²) in [5, 5.41) is 0. The van der Waals surface area contributed by atoms with Crippen LogP contribution in [0.25, 0.3) is 0 Å². The summed E-state index contributed by atoms with van der Waals surface area (Å²) in [6.07, 6.45) is 4.71. The molecule has 0 saturated carbocycles. The van der Waals surface area contributed by atoms with E-state index in [1.807, 2.05) is 24.3 Å². The van der Waals surface area contributed by atoms with E-state index in [9.17, 15) is 8.42 Å². The van der Waals surface area contributed by atoms with Crippen LogP contribution in [0.4, 0.5) is 11.4 Å². The molecule has 0 amide bonds. The Hall–Kier alpha value is -2.01. The molecule has 0 aromatic heterocycles. The van der Waals surface area contributed by atoms with Gasteiger partial charge in [-0.2, -0.15) is 0 Å². The highest BCUT2D eigenvalue weighted by Gasteiger charge is 2.19. The molecule has 1 saturated heterocycles. The SMILES string of the molecule is CS(=O)(=O)Nc1ccc(N2CCC(Cc3ccccc3)CC2)cc1. The molecule has 2 aromatic carbocycles. The van der Waals surface area contributed by atoms with Crippen LogP contribution in [-0.4, -0.2) is 27.8 Å². The molecule has 24 heavy (non-hydrogen) atoms. The van der Waals surface area contributed by atoms with Crippen LogP contribution < -0.4 is 9.62 Å². The van der Waals surface area contributed by atoms with Crippen molar-refractivity contribution in [1.29, 1.82) is 0 Å². The molecule has 0 unspecified atom stereocenters. The minimum atomic E-state index is -3.22. The van der Waals surface area contributed by atoms with Gasteiger partial charge in [-0.3, -0.25) is 4.72 Å². The molecular formula is C19H24N2O2S. The number of anilines is 2. The van der Waals surface area contributed by atoms with E-state index in [2.05, 4.69) is 40.0 Å². The number of nitrogens with zero attached hydrogens (tertiary/aromatic N) is 1. The molecule has 2 aromatic rings. The van der Waals surface area contributed by atoms with E-state index in [1.54, 1.807) is 0 Å². The van der Waals surface area contributed by atoms with Gasteiger partial charge in [0.2, 0.25) is 10.0 Å². The lowest BCUT2D eigenvalue weighted by Gasteiger charge is -2.33. The smallest absolute Gasteiger partial charge is 0.229 e. The summed E-state index contributed by atoms with van der Waals surface area (Å²) in [7, 11) is -3.22. The summed E-state index contributed by atoms with van der Waals surface area (Å²) in [5.41, 5.74) is 3.19. The fraction of sp³-hybridized carbons (Fsp3) is 0.368. The van der Waals surface area contributed by atoms with Gasteiger partial charge in [-0.15, -0.1) is 0 Å². The summed E-state index contributed by atoms with van der Waals surface area (Å²) >= 11 is 0. The van der Waals surface area contributed by atoms with Crippen molar-refractivity contribution in [2.45, 2.75) is 19.3 Å². The molecule has 1 aliphatic rings. The van der Waals surface area contributed by atoms with Crippen molar-refractivity contribution < 1.29 is 8.42 Å². The zero-order chi connectivity index (χ0) is 17.0. The lowest BCUT2D eigenvalue weighted by Crippen LogP contribution is -2.34. The van der Waals surface area contributed by atoms with E-state index in [-0.39, 0.29) is 0 Å². The van der Waals surface area contributed by atoms with Crippen LogP contribution in [0.2, 0.25) is 0 Å². The first-order chi connectivity index (χ1) is 11.5. The maximum absolute atomic E-state index is 11.3. The van der Waals surface area contributed by atoms with Gasteiger partial charge in [0.25, 0.3) is 0 Å². The molecule has 0 bridgehead atoms. The number of hydrogen-bond acceptors (Lipinski definition) is 3. The zero-order valence-corrected chi connectivity index (χ0v) is 14.8. The fourth-order valence-electron chi connectivity index (χ4n) is 3.30. The Morgan fingerprint density at radius 2 is 1.62 bits per heavy atom. The summed E-state index contributed by atoms with van der Waals surface area (Å²) in [4.78, 5) is 2.38. The molecule has 5 heteroatoms. The van der Waals surface area contributed by atoms with Crippen molar-refractivity contribution in [2.24, 2.45) is 5.92 Å². The summed E-state index contributed by atoms with van der Waals surface area (Å²) < 4.78 is 25.0. The Kier molecular flexibility index (Phi) is 5.09. The van der Waals surface area contributed by atoms with Gasteiger partial charge in [-0.25, -0.2) is 8.42 Å². The normalized spacial score (nSPS) is 16.1. The first kappa shape index (κ1) is 16.8. The molecule has 0 atom stereocenters. The standard InChI is InChI=1S/C19H24N2O2S/c1-24(22,23)20-18-7-9-19(10-8-18)21-13-11-17(12-14-21)15-16-5-3-2-4-6-16/h2-10,17,20H,11-15H2,1H3. The van der Waals surface area contributed by atoms with Gasteiger partial charge in [-0.05, 0) is 55.0 Å². The molecule has 1 fully saturated rings. The van der Waals surface area contributed by atoms with Crippen LogP contribution in [0.1, 0.15) is 18.4 Å². The van der Waals surface area contributed by atoms with E-state index in [0.29, 0.717) is 5.69 Å². The van der Waals surface area contributed by atoms with Crippen LogP contribution in [0.15, 0.2) is 54.6 Å². The van der Waals surface area contributed by atoms with Crippen molar-refractivity contribution in [3.63, 3.8) is 0 Å². The van der Waals surface area contributed by atoms with Gasteiger partial charge in [0.1, 0.15) is 0 Å². The third-order valence-electron chi connectivity index (χ3n) is 4.52.